The van der Waals surface area contributed by atoms with Crippen LogP contribution in [0.25, 0.3) is 0 Å². The maximum atomic E-state index is 5.43. The van der Waals surface area contributed by atoms with Crippen LogP contribution in [-0.4, -0.2) is 38.1 Å². The normalized spacial score (nSPS) is 19.2. The molecular weight excluding hydrogens is 200 g/mol. The first-order valence-corrected chi connectivity index (χ1v) is 4.47. The van der Waals surface area contributed by atoms with Crippen molar-refractivity contribution in [3.8, 4) is 0 Å². The molecule has 5 heteroatoms. The molecule has 1 rings (SSSR count). The summed E-state index contributed by atoms with van der Waals surface area (Å²) in [5.41, 5.74) is 1.55. The molecule has 0 aromatic heterocycles. The molecule has 0 aromatic carbocycles. The SMILES string of the molecule is C.C.ClC=CCN1CNCNCNC1. The number of hydrogen-bond donors (Lipinski definition) is 3. The van der Waals surface area contributed by atoms with Gasteiger partial charge in [-0.1, -0.05) is 32.5 Å². The van der Waals surface area contributed by atoms with Crippen molar-refractivity contribution in [1.29, 1.82) is 0 Å². The molecule has 1 aliphatic rings. The van der Waals surface area contributed by atoms with Crippen LogP contribution in [0.15, 0.2) is 11.6 Å². The fourth-order valence-corrected chi connectivity index (χ4v) is 1.12. The third kappa shape index (κ3) is 7.29. The van der Waals surface area contributed by atoms with Gasteiger partial charge in [-0.3, -0.25) is 20.9 Å². The average Bonchev–Trinajstić information content (AvgIpc) is 2.02. The zero-order chi connectivity index (χ0) is 8.65. The minimum atomic E-state index is 0. The lowest BCUT2D eigenvalue weighted by atomic mass is 10.5. The predicted molar refractivity (Wildman–Crippen MR) is 64.0 cm³/mol. The zero-order valence-electron chi connectivity index (χ0n) is 7.02. The smallest absolute Gasteiger partial charge is 0.0505 e. The third-order valence-electron chi connectivity index (χ3n) is 1.62. The molecule has 4 nitrogen and oxygen atoms in total. The molecule has 0 atom stereocenters. The molecule has 1 heterocycles. The fraction of sp³-hybridized carbons (Fsp3) is 0.778. The van der Waals surface area contributed by atoms with Crippen LogP contribution in [0.4, 0.5) is 0 Å². The van der Waals surface area contributed by atoms with Crippen molar-refractivity contribution in [2.45, 2.75) is 14.9 Å². The molecule has 0 saturated carbocycles. The minimum Gasteiger partial charge on any atom is -0.292 e. The molecule has 0 spiro atoms. The van der Waals surface area contributed by atoms with Crippen LogP contribution < -0.4 is 16.0 Å². The zero-order valence-corrected chi connectivity index (χ0v) is 7.77. The molecule has 0 amide bonds. The van der Waals surface area contributed by atoms with E-state index in [1.54, 1.807) is 5.54 Å². The van der Waals surface area contributed by atoms with Gasteiger partial charge in [0.1, 0.15) is 0 Å². The van der Waals surface area contributed by atoms with E-state index in [1.165, 1.54) is 0 Å². The van der Waals surface area contributed by atoms with Crippen LogP contribution in [0, 0.1) is 0 Å². The largest absolute Gasteiger partial charge is 0.292 e. The van der Waals surface area contributed by atoms with Crippen LogP contribution in [0.1, 0.15) is 14.9 Å². The van der Waals surface area contributed by atoms with Gasteiger partial charge >= 0.3 is 0 Å². The van der Waals surface area contributed by atoms with E-state index in [2.05, 4.69) is 20.9 Å². The molecule has 0 aromatic rings. The highest BCUT2D eigenvalue weighted by molar-refractivity contribution is 6.25. The van der Waals surface area contributed by atoms with Crippen LogP contribution in [0.3, 0.4) is 0 Å². The molecule has 14 heavy (non-hydrogen) atoms. The van der Waals surface area contributed by atoms with E-state index in [0.29, 0.717) is 0 Å². The molecule has 0 radical (unpaired) electrons. The van der Waals surface area contributed by atoms with Gasteiger partial charge in [0.2, 0.25) is 0 Å². The van der Waals surface area contributed by atoms with E-state index in [0.717, 1.165) is 33.2 Å². The van der Waals surface area contributed by atoms with Gasteiger partial charge in [0.25, 0.3) is 0 Å². The second kappa shape index (κ2) is 10.9. The van der Waals surface area contributed by atoms with Crippen LogP contribution in [-0.2, 0) is 0 Å². The number of halogens is 1. The van der Waals surface area contributed by atoms with Gasteiger partial charge in [0.05, 0.1) is 13.3 Å². The number of nitrogens with one attached hydrogen (secondary N) is 3. The molecule has 1 saturated heterocycles. The van der Waals surface area contributed by atoms with Gasteiger partial charge in [-0.2, -0.15) is 0 Å². The topological polar surface area (TPSA) is 39.3 Å². The van der Waals surface area contributed by atoms with Crippen molar-refractivity contribution in [2.75, 3.05) is 33.2 Å². The van der Waals surface area contributed by atoms with E-state index < -0.39 is 0 Å². The highest BCUT2D eigenvalue weighted by Crippen LogP contribution is 1.87. The lowest BCUT2D eigenvalue weighted by Gasteiger charge is -2.24. The van der Waals surface area contributed by atoms with Gasteiger partial charge in [-0.15, -0.1) is 0 Å². The molecule has 0 bridgehead atoms. The number of nitrogens with zero attached hydrogens (tertiary/aromatic N) is 1. The molecular formula is C9H23ClN4. The Bertz CT molecular complexity index is 133. The van der Waals surface area contributed by atoms with Gasteiger partial charge in [-0.05, 0) is 0 Å². The maximum absolute atomic E-state index is 5.43. The number of hydrogen-bond acceptors (Lipinski definition) is 4. The summed E-state index contributed by atoms with van der Waals surface area (Å²) in [7, 11) is 0. The Kier molecular flexibility index (Phi) is 12.8. The van der Waals surface area contributed by atoms with Crippen LogP contribution in [0.5, 0.6) is 0 Å². The van der Waals surface area contributed by atoms with Gasteiger partial charge in [0.15, 0.2) is 0 Å². The molecule has 0 unspecified atom stereocenters. The molecule has 1 aliphatic heterocycles. The van der Waals surface area contributed by atoms with E-state index in [9.17, 15) is 0 Å². The van der Waals surface area contributed by atoms with Crippen molar-refractivity contribution < 1.29 is 0 Å². The summed E-state index contributed by atoms with van der Waals surface area (Å²) < 4.78 is 0. The van der Waals surface area contributed by atoms with Crippen molar-refractivity contribution in [2.24, 2.45) is 0 Å². The monoisotopic (exact) mass is 222 g/mol. The Morgan fingerprint density at radius 2 is 1.64 bits per heavy atom. The highest BCUT2D eigenvalue weighted by atomic mass is 35.5. The first-order valence-electron chi connectivity index (χ1n) is 4.03. The van der Waals surface area contributed by atoms with E-state index in [-0.39, 0.29) is 14.9 Å². The fourth-order valence-electron chi connectivity index (χ4n) is 1.04. The van der Waals surface area contributed by atoms with Gasteiger partial charge < -0.3 is 0 Å². The summed E-state index contributed by atoms with van der Waals surface area (Å²) in [6.45, 7) is 4.31. The Morgan fingerprint density at radius 1 is 1.07 bits per heavy atom. The predicted octanol–water partition coefficient (Wildman–Crippen LogP) is 0.925. The minimum absolute atomic E-state index is 0. The van der Waals surface area contributed by atoms with Crippen LogP contribution >= 0.6 is 11.6 Å². The number of rotatable bonds is 2. The lowest BCUT2D eigenvalue weighted by molar-refractivity contribution is 0.233. The van der Waals surface area contributed by atoms with E-state index in [1.807, 2.05) is 6.08 Å². The lowest BCUT2D eigenvalue weighted by Crippen LogP contribution is -2.49. The van der Waals surface area contributed by atoms with E-state index in [4.69, 9.17) is 11.6 Å². The Labute approximate surface area is 92.7 Å². The second-order valence-corrected chi connectivity index (χ2v) is 2.89. The summed E-state index contributed by atoms with van der Waals surface area (Å²) in [6.07, 6.45) is 1.93. The van der Waals surface area contributed by atoms with Crippen molar-refractivity contribution in [1.82, 2.24) is 20.9 Å². The summed E-state index contributed by atoms with van der Waals surface area (Å²) in [5.74, 6) is 0. The summed E-state index contributed by atoms with van der Waals surface area (Å²) in [6, 6.07) is 0. The highest BCUT2D eigenvalue weighted by Gasteiger charge is 2.03. The molecule has 3 N–H and O–H groups in total. The maximum Gasteiger partial charge on any atom is 0.0505 e. The van der Waals surface area contributed by atoms with E-state index >= 15 is 0 Å². The van der Waals surface area contributed by atoms with Crippen molar-refractivity contribution in [3.05, 3.63) is 11.6 Å². The quantitative estimate of drug-likeness (QED) is 0.650. The van der Waals surface area contributed by atoms with Gasteiger partial charge in [-0.25, -0.2) is 0 Å². The molecule has 86 valence electrons. The molecule has 0 aliphatic carbocycles. The first kappa shape index (κ1) is 16.3. The second-order valence-electron chi connectivity index (χ2n) is 2.63. The third-order valence-corrected chi connectivity index (χ3v) is 1.80. The average molecular weight is 223 g/mol. The standard InChI is InChI=1S/C7H15ClN4.2CH4/c8-2-1-3-12-6-10-4-9-5-11-7-12;;/h1-2,9-11H,3-7H2;2*1H4. The molecule has 1 fully saturated rings. The van der Waals surface area contributed by atoms with Crippen molar-refractivity contribution in [3.63, 3.8) is 0 Å². The Hall–Kier alpha value is -0.130. The first-order chi connectivity index (χ1) is 5.93. The Morgan fingerprint density at radius 3 is 2.14 bits per heavy atom. The summed E-state index contributed by atoms with van der Waals surface area (Å²) in [4.78, 5) is 2.22. The summed E-state index contributed by atoms with van der Waals surface area (Å²) >= 11 is 5.43. The van der Waals surface area contributed by atoms with Crippen LogP contribution in [0.2, 0.25) is 0 Å². The Balaban J connectivity index is 0. The van der Waals surface area contributed by atoms with Gasteiger partial charge in [0, 0.05) is 25.4 Å². The summed E-state index contributed by atoms with van der Waals surface area (Å²) in [5, 5.41) is 9.66. The van der Waals surface area contributed by atoms with Crippen molar-refractivity contribution >= 4 is 11.6 Å².